The third kappa shape index (κ3) is 18.6. The second kappa shape index (κ2) is 32.1. The van der Waals surface area contributed by atoms with E-state index in [1.54, 1.807) is 0 Å². The van der Waals surface area contributed by atoms with Gasteiger partial charge in [0.05, 0.1) is 44.4 Å². The van der Waals surface area contributed by atoms with E-state index in [1.807, 2.05) is 87.1 Å². The number of hydrogen-bond acceptors (Lipinski definition) is 2. The highest BCUT2D eigenvalue weighted by molar-refractivity contribution is 7.00. The van der Waals surface area contributed by atoms with Crippen LogP contribution in [0.15, 0.2) is 255 Å². The minimum Gasteiger partial charge on any atom is -0.310 e. The van der Waals surface area contributed by atoms with E-state index in [2.05, 4.69) is 325 Å². The molecule has 4 heterocycles. The molecule has 127 heavy (non-hydrogen) atoms. The van der Waals surface area contributed by atoms with Crippen LogP contribution in [0.2, 0.25) is 0 Å². The fraction of sp³-hybridized carbons (Fsp3) is 0.361. The molecular formula is C122H139BN4. The number of rotatable bonds is 16. The zero-order valence-electron chi connectivity index (χ0n) is 92.7. The van der Waals surface area contributed by atoms with Crippen LogP contribution in [-0.2, 0) is 56.7 Å². The quantitative estimate of drug-likeness (QED) is 0.0897. The molecule has 0 amide bonds. The molecule has 15 aromatic rings. The number of anilines is 6. The molecular weight excluding hydrogens is 1530 g/mol. The minimum atomic E-state index is -1.88. The van der Waals surface area contributed by atoms with Crippen molar-refractivity contribution in [1.29, 1.82) is 0 Å². The normalized spacial score (nSPS) is 15.3. The number of fused-ring (bicyclic) bond motifs is 10. The first kappa shape index (κ1) is 74.1. The predicted molar refractivity (Wildman–Crippen MR) is 555 cm³/mol. The maximum absolute atomic E-state index is 10.3. The summed E-state index contributed by atoms with van der Waals surface area (Å²) in [5, 5.41) is 1.55. The first-order valence-corrected chi connectivity index (χ1v) is 46.2. The van der Waals surface area contributed by atoms with Crippen LogP contribution in [0.1, 0.15) is 253 Å². The Hall–Kier alpha value is -10.9. The van der Waals surface area contributed by atoms with Crippen molar-refractivity contribution >= 4 is 101 Å². The van der Waals surface area contributed by atoms with Crippen molar-refractivity contribution in [1.82, 2.24) is 9.13 Å². The molecule has 13 aromatic carbocycles. The van der Waals surface area contributed by atoms with Crippen molar-refractivity contribution in [2.24, 2.45) is 43.3 Å². The predicted octanol–water partition coefficient (Wildman–Crippen LogP) is 32.6. The zero-order chi connectivity index (χ0) is 101. The number of para-hydroxylation sites is 2. The Morgan fingerprint density at radius 2 is 0.575 bits per heavy atom. The molecule has 0 radical (unpaired) electrons. The lowest BCUT2D eigenvalue weighted by atomic mass is 9.33. The van der Waals surface area contributed by atoms with E-state index in [0.29, 0.717) is 44.3 Å². The summed E-state index contributed by atoms with van der Waals surface area (Å²) in [6.45, 7) is 59.1. The van der Waals surface area contributed by atoms with Crippen molar-refractivity contribution in [2.45, 2.75) is 244 Å². The van der Waals surface area contributed by atoms with E-state index in [-0.39, 0.29) is 90.6 Å². The van der Waals surface area contributed by atoms with E-state index in [9.17, 15) is 16.4 Å². The Labute approximate surface area is 779 Å². The van der Waals surface area contributed by atoms with Gasteiger partial charge >= 0.3 is 0 Å². The summed E-state index contributed by atoms with van der Waals surface area (Å²) in [4.78, 5) is 5.17. The summed E-state index contributed by atoms with van der Waals surface area (Å²) >= 11 is 0. The highest BCUT2D eigenvalue weighted by Crippen LogP contribution is 2.56. The third-order valence-corrected chi connectivity index (χ3v) is 24.4. The average Bonchev–Trinajstić information content (AvgIpc) is 1.28. The van der Waals surface area contributed by atoms with Crippen LogP contribution >= 0.6 is 0 Å². The third-order valence-electron chi connectivity index (χ3n) is 24.4. The summed E-state index contributed by atoms with van der Waals surface area (Å²) in [7, 11) is 0. The first-order chi connectivity index (χ1) is 64.4. The van der Waals surface area contributed by atoms with E-state index in [1.165, 1.54) is 33.4 Å². The maximum Gasteiger partial charge on any atom is 0.252 e. The van der Waals surface area contributed by atoms with E-state index in [0.717, 1.165) is 139 Å². The Morgan fingerprint density at radius 1 is 0.268 bits per heavy atom. The second-order valence-electron chi connectivity index (χ2n) is 47.4. The molecule has 0 saturated heterocycles. The molecule has 0 unspecified atom stereocenters. The standard InChI is InChI=1S/C122H139BN4/c1-114(2,3)70-78-36-32-40-86(56-78)95-62-84(76-120(19,20)21)63-96(87-41-33-37-79(57-87)71-115(4,5)6)112(95)126-107-68-91(124-103-46-30-28-44-93(103)99-60-82(48-54-105(99)124)74-118(13,14)15)50-52-101(107)123-102-53-51-92(125-104-47-31-29-45-94(104)100-61-83(49-55-106(100)125)75-119(16,17)18)69-108(102)127(110-67-90(122(25,26)27)66-109(126)111(110)123)113-97(88-42-34-38-80(58-88)72-116(7,8)9)64-85(77-121(22,23)24)65-98(113)89-43-35-39-81(59-89)73-117(10,11)12/h28-69H,70-77H2,1-27H3/i28D,29D,30D,31D,44D,45D,46D,47D,74D2,75D2. The van der Waals surface area contributed by atoms with Gasteiger partial charge in [-0.1, -0.05) is 345 Å². The Bertz CT molecular complexity index is 6910. The first-order valence-electron chi connectivity index (χ1n) is 52.2. The molecule has 2 aliphatic heterocycles. The van der Waals surface area contributed by atoms with E-state index in [4.69, 9.17) is 0 Å². The topological polar surface area (TPSA) is 16.3 Å². The molecule has 650 valence electrons. The molecule has 5 heteroatoms. The van der Waals surface area contributed by atoms with Crippen molar-refractivity contribution in [2.75, 3.05) is 9.80 Å². The van der Waals surface area contributed by atoms with Gasteiger partial charge in [-0.2, -0.15) is 0 Å². The van der Waals surface area contributed by atoms with Crippen molar-refractivity contribution in [3.63, 3.8) is 0 Å². The molecule has 0 saturated carbocycles. The Morgan fingerprint density at radius 3 is 0.874 bits per heavy atom. The summed E-state index contributed by atoms with van der Waals surface area (Å²) in [5.74, 6) is 0. The van der Waals surface area contributed by atoms with Gasteiger partial charge in [-0.3, -0.25) is 0 Å². The SMILES string of the molecule is [2H]c1c([2H])c([2H])c2c(c1[2H])c1cc(C([2H])([2H])C(C)(C)C)ccc1n2-c1ccc2c(c1)N(c1c(-c3cccc(CC(C)(C)C)c3)cc(CC(C)(C)C)cc1-c1cccc(CC(C)(C)C)c1)c1cc(C(C)(C)C)cc3c1B2c1ccc(-n2c4ccc(C([2H])([2H])C(C)(C)C)cc4c4c([2H])c([2H])c([2H])c([2H])c42)cc1N3c1c(-c2cccc(CC(C)(C)C)c2)cc(CC(C)(C)C)cc1-c1cccc(CC(C)(C)C)c1. The summed E-state index contributed by atoms with van der Waals surface area (Å²) in [5.41, 5.74) is 25.1. The summed E-state index contributed by atoms with van der Waals surface area (Å²) < 4.78 is 122. The number of aromatic nitrogens is 2. The van der Waals surface area contributed by atoms with Crippen LogP contribution in [0.4, 0.5) is 34.1 Å². The monoisotopic (exact) mass is 1680 g/mol. The number of hydrogen-bond donors (Lipinski definition) is 0. The van der Waals surface area contributed by atoms with Crippen LogP contribution in [0.5, 0.6) is 0 Å². The van der Waals surface area contributed by atoms with Crippen LogP contribution in [0, 0.1) is 43.3 Å². The van der Waals surface area contributed by atoms with E-state index < -0.39 is 47.8 Å². The molecule has 2 aromatic heterocycles. The molecule has 0 spiro atoms. The second-order valence-corrected chi connectivity index (χ2v) is 47.4. The maximum atomic E-state index is 10.3. The van der Waals surface area contributed by atoms with Crippen LogP contribution in [-0.4, -0.2) is 15.8 Å². The molecule has 0 fully saturated rings. The lowest BCUT2D eigenvalue weighted by Crippen LogP contribution is -2.61. The van der Waals surface area contributed by atoms with Gasteiger partial charge in [-0.05, 0) is 286 Å². The molecule has 17 rings (SSSR count). The molecule has 0 atom stereocenters. The van der Waals surface area contributed by atoms with Gasteiger partial charge in [0, 0.05) is 83.4 Å². The van der Waals surface area contributed by atoms with Gasteiger partial charge in [0.15, 0.2) is 0 Å². The molecule has 0 N–H and O–H groups in total. The van der Waals surface area contributed by atoms with Gasteiger partial charge in [0.25, 0.3) is 6.71 Å². The van der Waals surface area contributed by atoms with Crippen LogP contribution < -0.4 is 26.2 Å². The van der Waals surface area contributed by atoms with Crippen molar-refractivity contribution in [3.05, 3.63) is 305 Å². The Balaban J connectivity index is 1.12. The average molecular weight is 1680 g/mol. The fourth-order valence-electron chi connectivity index (χ4n) is 20.2. The minimum absolute atomic E-state index is 0.0841. The van der Waals surface area contributed by atoms with Crippen LogP contribution in [0.3, 0.4) is 0 Å². The van der Waals surface area contributed by atoms with Gasteiger partial charge in [-0.15, -0.1) is 0 Å². The molecule has 2 aliphatic rings. The van der Waals surface area contributed by atoms with E-state index >= 15 is 0 Å². The van der Waals surface area contributed by atoms with Gasteiger partial charge in [0.2, 0.25) is 0 Å². The van der Waals surface area contributed by atoms with Crippen molar-refractivity contribution < 1.29 is 16.4 Å². The molecule has 0 aliphatic carbocycles. The zero-order valence-corrected chi connectivity index (χ0v) is 80.7. The smallest absolute Gasteiger partial charge is 0.252 e. The Kier molecular flexibility index (Phi) is 18.7. The van der Waals surface area contributed by atoms with Crippen molar-refractivity contribution in [3.8, 4) is 55.9 Å². The van der Waals surface area contributed by atoms with Crippen LogP contribution in [0.25, 0.3) is 99.5 Å². The van der Waals surface area contributed by atoms with Gasteiger partial charge in [0.1, 0.15) is 0 Å². The van der Waals surface area contributed by atoms with Gasteiger partial charge in [-0.25, -0.2) is 0 Å². The lowest BCUT2D eigenvalue weighted by molar-refractivity contribution is 0.410. The number of benzene rings is 13. The molecule has 4 nitrogen and oxygen atoms in total. The largest absolute Gasteiger partial charge is 0.310 e. The molecule has 0 bridgehead atoms. The fourth-order valence-corrected chi connectivity index (χ4v) is 20.2. The number of nitrogens with zero attached hydrogens (tertiary/aromatic N) is 4. The lowest BCUT2D eigenvalue weighted by Gasteiger charge is -2.46. The highest BCUT2D eigenvalue weighted by atomic mass is 15.2. The van der Waals surface area contributed by atoms with Gasteiger partial charge < -0.3 is 18.9 Å². The highest BCUT2D eigenvalue weighted by Gasteiger charge is 2.47. The summed E-state index contributed by atoms with van der Waals surface area (Å²) in [6, 6.07) is 73.5. The summed E-state index contributed by atoms with van der Waals surface area (Å²) in [6.07, 6.45) is 0.940.